The largest absolute Gasteiger partial charge is 0.362 e. The standard InChI is InChI=1S/C11H11BrN2/c1-14(2)11-9(12)7-8-5-3-4-6-10(8)13-11/h3-7H,1-2H3. The Kier molecular flexibility index (Phi) is 2.42. The summed E-state index contributed by atoms with van der Waals surface area (Å²) in [6, 6.07) is 10.2. The van der Waals surface area contributed by atoms with Crippen molar-refractivity contribution in [3.63, 3.8) is 0 Å². The number of hydrogen-bond donors (Lipinski definition) is 0. The van der Waals surface area contributed by atoms with Crippen molar-refractivity contribution in [2.45, 2.75) is 0 Å². The van der Waals surface area contributed by atoms with Gasteiger partial charge in [-0.25, -0.2) is 4.98 Å². The third kappa shape index (κ3) is 1.60. The minimum absolute atomic E-state index is 0.962. The van der Waals surface area contributed by atoms with Gasteiger partial charge in [-0.3, -0.25) is 0 Å². The van der Waals surface area contributed by atoms with Gasteiger partial charge in [0.05, 0.1) is 9.99 Å². The first kappa shape index (κ1) is 9.46. The predicted molar refractivity (Wildman–Crippen MR) is 63.8 cm³/mol. The molecule has 0 N–H and O–H groups in total. The molecule has 3 heteroatoms. The molecule has 0 aliphatic heterocycles. The van der Waals surface area contributed by atoms with Crippen LogP contribution in [0.15, 0.2) is 34.8 Å². The molecule has 2 nitrogen and oxygen atoms in total. The van der Waals surface area contributed by atoms with E-state index in [0.717, 1.165) is 21.2 Å². The van der Waals surface area contributed by atoms with E-state index >= 15 is 0 Å². The third-order valence-corrected chi connectivity index (χ3v) is 2.67. The lowest BCUT2D eigenvalue weighted by atomic mass is 10.2. The molecular weight excluding hydrogens is 240 g/mol. The van der Waals surface area contributed by atoms with Gasteiger partial charge in [0.1, 0.15) is 5.82 Å². The lowest BCUT2D eigenvalue weighted by molar-refractivity contribution is 1.07. The maximum Gasteiger partial charge on any atom is 0.143 e. The topological polar surface area (TPSA) is 16.1 Å². The highest BCUT2D eigenvalue weighted by Crippen LogP contribution is 2.26. The Morgan fingerprint density at radius 1 is 1.21 bits per heavy atom. The van der Waals surface area contributed by atoms with Gasteiger partial charge >= 0.3 is 0 Å². The highest BCUT2D eigenvalue weighted by molar-refractivity contribution is 9.10. The Balaban J connectivity index is 2.71. The third-order valence-electron chi connectivity index (χ3n) is 2.08. The number of nitrogens with zero attached hydrogens (tertiary/aromatic N) is 2. The molecule has 0 radical (unpaired) electrons. The summed E-state index contributed by atoms with van der Waals surface area (Å²) in [6.07, 6.45) is 0. The number of rotatable bonds is 1. The van der Waals surface area contributed by atoms with Crippen molar-refractivity contribution in [2.75, 3.05) is 19.0 Å². The Morgan fingerprint density at radius 3 is 2.64 bits per heavy atom. The van der Waals surface area contributed by atoms with Crippen molar-refractivity contribution in [3.8, 4) is 0 Å². The zero-order chi connectivity index (χ0) is 10.1. The maximum atomic E-state index is 4.55. The molecule has 0 spiro atoms. The highest BCUT2D eigenvalue weighted by Gasteiger charge is 2.05. The Hall–Kier alpha value is -1.09. The first-order valence-corrected chi connectivity index (χ1v) is 5.20. The van der Waals surface area contributed by atoms with E-state index in [0.29, 0.717) is 0 Å². The smallest absolute Gasteiger partial charge is 0.143 e. The molecule has 0 saturated carbocycles. The van der Waals surface area contributed by atoms with Gasteiger partial charge in [-0.2, -0.15) is 0 Å². The number of benzene rings is 1. The second-order valence-corrected chi connectivity index (χ2v) is 4.24. The van der Waals surface area contributed by atoms with Crippen LogP contribution in [0.2, 0.25) is 0 Å². The van der Waals surface area contributed by atoms with E-state index in [2.05, 4.69) is 33.0 Å². The van der Waals surface area contributed by atoms with E-state index in [4.69, 9.17) is 0 Å². The van der Waals surface area contributed by atoms with Gasteiger partial charge < -0.3 is 4.90 Å². The summed E-state index contributed by atoms with van der Waals surface area (Å²) < 4.78 is 1.03. The molecule has 72 valence electrons. The van der Waals surface area contributed by atoms with E-state index in [1.165, 1.54) is 0 Å². The number of fused-ring (bicyclic) bond motifs is 1. The van der Waals surface area contributed by atoms with E-state index in [9.17, 15) is 0 Å². The van der Waals surface area contributed by atoms with Crippen molar-refractivity contribution in [1.29, 1.82) is 0 Å². The van der Waals surface area contributed by atoms with Gasteiger partial charge in [0.15, 0.2) is 0 Å². The van der Waals surface area contributed by atoms with Crippen LogP contribution in [-0.2, 0) is 0 Å². The van der Waals surface area contributed by atoms with Crippen molar-refractivity contribution in [3.05, 3.63) is 34.8 Å². The van der Waals surface area contributed by atoms with Gasteiger partial charge in [0, 0.05) is 19.5 Å². The number of halogens is 1. The number of para-hydroxylation sites is 1. The fourth-order valence-electron chi connectivity index (χ4n) is 1.39. The van der Waals surface area contributed by atoms with E-state index in [1.54, 1.807) is 0 Å². The fourth-order valence-corrected chi connectivity index (χ4v) is 2.08. The number of anilines is 1. The van der Waals surface area contributed by atoms with Crippen molar-refractivity contribution in [1.82, 2.24) is 4.98 Å². The molecule has 1 aromatic carbocycles. The average molecular weight is 251 g/mol. The van der Waals surface area contributed by atoms with Gasteiger partial charge in [0.2, 0.25) is 0 Å². The lowest BCUT2D eigenvalue weighted by Crippen LogP contribution is -2.11. The molecule has 0 unspecified atom stereocenters. The van der Waals surface area contributed by atoms with Gasteiger partial charge in [-0.05, 0) is 28.1 Å². The summed E-state index contributed by atoms with van der Waals surface area (Å²) in [6.45, 7) is 0. The Morgan fingerprint density at radius 2 is 1.93 bits per heavy atom. The van der Waals surface area contributed by atoms with Crippen molar-refractivity contribution < 1.29 is 0 Å². The minimum Gasteiger partial charge on any atom is -0.362 e. The van der Waals surface area contributed by atoms with Gasteiger partial charge in [-0.15, -0.1) is 0 Å². The van der Waals surface area contributed by atoms with Crippen LogP contribution >= 0.6 is 15.9 Å². The summed E-state index contributed by atoms with van der Waals surface area (Å²) in [5, 5.41) is 1.16. The van der Waals surface area contributed by atoms with E-state index in [-0.39, 0.29) is 0 Å². The Bertz CT molecular complexity index is 466. The number of hydrogen-bond acceptors (Lipinski definition) is 2. The zero-order valence-electron chi connectivity index (χ0n) is 8.16. The zero-order valence-corrected chi connectivity index (χ0v) is 9.75. The predicted octanol–water partition coefficient (Wildman–Crippen LogP) is 3.06. The Labute approximate surface area is 91.7 Å². The summed E-state index contributed by atoms with van der Waals surface area (Å²) in [7, 11) is 3.98. The molecule has 14 heavy (non-hydrogen) atoms. The minimum atomic E-state index is 0.962. The second kappa shape index (κ2) is 3.58. The normalized spacial score (nSPS) is 10.5. The molecule has 1 heterocycles. The maximum absolute atomic E-state index is 4.55. The van der Waals surface area contributed by atoms with E-state index in [1.807, 2.05) is 37.2 Å². The first-order chi connectivity index (χ1) is 6.68. The molecule has 0 atom stereocenters. The summed E-state index contributed by atoms with van der Waals surface area (Å²) in [4.78, 5) is 6.55. The summed E-state index contributed by atoms with van der Waals surface area (Å²) >= 11 is 3.51. The van der Waals surface area contributed by atoms with Crippen LogP contribution < -0.4 is 4.90 Å². The SMILES string of the molecule is CN(C)c1nc2ccccc2cc1Br. The van der Waals surface area contributed by atoms with Crippen molar-refractivity contribution in [2.24, 2.45) is 0 Å². The van der Waals surface area contributed by atoms with Crippen LogP contribution in [0.1, 0.15) is 0 Å². The quantitative estimate of drug-likeness (QED) is 0.774. The molecule has 2 rings (SSSR count). The molecule has 0 aliphatic rings. The van der Waals surface area contributed by atoms with Crippen LogP contribution in [0.3, 0.4) is 0 Å². The highest BCUT2D eigenvalue weighted by atomic mass is 79.9. The van der Waals surface area contributed by atoms with E-state index < -0.39 is 0 Å². The molecular formula is C11H11BrN2. The lowest BCUT2D eigenvalue weighted by Gasteiger charge is -2.13. The average Bonchev–Trinajstić information content (AvgIpc) is 2.16. The van der Waals surface area contributed by atoms with Crippen LogP contribution in [0.25, 0.3) is 10.9 Å². The van der Waals surface area contributed by atoms with Crippen LogP contribution in [0, 0.1) is 0 Å². The molecule has 0 amide bonds. The van der Waals surface area contributed by atoms with Crippen LogP contribution in [0.5, 0.6) is 0 Å². The molecule has 1 aromatic heterocycles. The molecule has 0 bridgehead atoms. The van der Waals surface area contributed by atoms with Crippen LogP contribution in [-0.4, -0.2) is 19.1 Å². The van der Waals surface area contributed by atoms with Gasteiger partial charge in [0.25, 0.3) is 0 Å². The monoisotopic (exact) mass is 250 g/mol. The summed E-state index contributed by atoms with van der Waals surface area (Å²) in [5.74, 6) is 0.962. The summed E-state index contributed by atoms with van der Waals surface area (Å²) in [5.41, 5.74) is 1.03. The fraction of sp³-hybridized carbons (Fsp3) is 0.182. The van der Waals surface area contributed by atoms with Gasteiger partial charge in [-0.1, -0.05) is 18.2 Å². The molecule has 2 aromatic rings. The van der Waals surface area contributed by atoms with Crippen LogP contribution in [0.4, 0.5) is 5.82 Å². The first-order valence-electron chi connectivity index (χ1n) is 4.41. The molecule has 0 aliphatic carbocycles. The molecule has 0 saturated heterocycles. The van der Waals surface area contributed by atoms with Crippen molar-refractivity contribution >= 4 is 32.7 Å². The number of pyridine rings is 1. The molecule has 0 fully saturated rings. The number of aromatic nitrogens is 1. The second-order valence-electron chi connectivity index (χ2n) is 3.38.